The van der Waals surface area contributed by atoms with E-state index in [4.69, 9.17) is 4.74 Å². The van der Waals surface area contributed by atoms with Crippen molar-refractivity contribution in [1.29, 1.82) is 0 Å². The monoisotopic (exact) mass is 491 g/mol. The van der Waals surface area contributed by atoms with E-state index in [9.17, 15) is 14.7 Å². The van der Waals surface area contributed by atoms with Crippen molar-refractivity contribution in [3.63, 3.8) is 0 Å². The zero-order valence-electron chi connectivity index (χ0n) is 21.0. The average molecular weight is 492 g/mol. The number of nitrogens with zero attached hydrogens (tertiary/aromatic N) is 3. The normalized spacial score (nSPS) is 19.6. The SMILES string of the molecule is CCC(=O)N1C[C@@H](O)[C@H](NC(=O)c2c(C)[nH]c3c(-c4cc(CC)ccc4OCC4CC4)ncnc23)C1. The maximum Gasteiger partial charge on any atom is 0.255 e. The summed E-state index contributed by atoms with van der Waals surface area (Å²) in [5.41, 5.74) is 4.97. The first kappa shape index (κ1) is 24.2. The van der Waals surface area contributed by atoms with Gasteiger partial charge in [-0.25, -0.2) is 9.97 Å². The summed E-state index contributed by atoms with van der Waals surface area (Å²) in [7, 11) is 0. The van der Waals surface area contributed by atoms with Crippen molar-refractivity contribution < 1.29 is 19.4 Å². The Labute approximate surface area is 210 Å². The molecule has 9 heteroatoms. The van der Waals surface area contributed by atoms with Crippen LogP contribution in [0.2, 0.25) is 0 Å². The highest BCUT2D eigenvalue weighted by molar-refractivity contribution is 6.09. The number of likely N-dealkylation sites (tertiary alicyclic amines) is 1. The van der Waals surface area contributed by atoms with Gasteiger partial charge in [0.2, 0.25) is 5.91 Å². The predicted octanol–water partition coefficient (Wildman–Crippen LogP) is 3.00. The Morgan fingerprint density at radius 1 is 1.22 bits per heavy atom. The number of ether oxygens (including phenoxy) is 1. The number of hydrogen-bond donors (Lipinski definition) is 3. The number of aromatic nitrogens is 3. The van der Waals surface area contributed by atoms with Gasteiger partial charge in [-0.2, -0.15) is 0 Å². The summed E-state index contributed by atoms with van der Waals surface area (Å²) >= 11 is 0. The Balaban J connectivity index is 1.47. The fourth-order valence-corrected chi connectivity index (χ4v) is 4.80. The maximum atomic E-state index is 13.4. The first-order valence-corrected chi connectivity index (χ1v) is 12.8. The summed E-state index contributed by atoms with van der Waals surface area (Å²) in [6, 6.07) is 5.62. The third kappa shape index (κ3) is 4.67. The molecule has 2 amide bonds. The van der Waals surface area contributed by atoms with E-state index in [0.29, 0.717) is 46.9 Å². The summed E-state index contributed by atoms with van der Waals surface area (Å²) < 4.78 is 6.17. The van der Waals surface area contributed by atoms with Gasteiger partial charge in [-0.15, -0.1) is 0 Å². The number of carbonyl (C=O) groups excluding carboxylic acids is 2. The number of aliphatic hydroxyl groups is 1. The molecule has 1 saturated heterocycles. The highest BCUT2D eigenvalue weighted by Crippen LogP contribution is 2.37. The number of aromatic amines is 1. The van der Waals surface area contributed by atoms with Gasteiger partial charge >= 0.3 is 0 Å². The van der Waals surface area contributed by atoms with Crippen LogP contribution in [-0.2, 0) is 11.2 Å². The molecule has 1 aliphatic carbocycles. The molecule has 2 aliphatic rings. The second-order valence-electron chi connectivity index (χ2n) is 9.81. The number of nitrogens with one attached hydrogen (secondary N) is 2. The van der Waals surface area contributed by atoms with E-state index in [1.165, 1.54) is 19.2 Å². The standard InChI is InChI=1S/C27H33N5O4/c1-4-16-8-9-21(36-13-17-6-7-17)18(10-16)24-26-25(29-14-28-24)23(15(3)30-26)27(35)31-19-11-32(12-20(19)33)22(34)5-2/h8-10,14,17,19-20,30,33H,4-7,11-13H2,1-3H3,(H,31,35)/t19-,20-/m1/s1. The van der Waals surface area contributed by atoms with Gasteiger partial charge in [-0.1, -0.05) is 19.9 Å². The quantitative estimate of drug-likeness (QED) is 0.446. The Hall–Kier alpha value is -3.46. The molecule has 9 nitrogen and oxygen atoms in total. The number of hydrogen-bond acceptors (Lipinski definition) is 6. The van der Waals surface area contributed by atoms with E-state index in [-0.39, 0.29) is 24.9 Å². The Morgan fingerprint density at radius 2 is 2.03 bits per heavy atom. The number of H-pyrrole nitrogens is 1. The predicted molar refractivity (Wildman–Crippen MR) is 136 cm³/mol. The molecule has 3 N–H and O–H groups in total. The molecular formula is C27H33N5O4. The van der Waals surface area contributed by atoms with Crippen LogP contribution in [0.3, 0.4) is 0 Å². The molecular weight excluding hydrogens is 458 g/mol. The molecule has 3 heterocycles. The molecule has 1 saturated carbocycles. The van der Waals surface area contributed by atoms with Crippen LogP contribution >= 0.6 is 0 Å². The number of carbonyl (C=O) groups is 2. The molecule has 0 spiro atoms. The molecule has 190 valence electrons. The number of benzene rings is 1. The first-order chi connectivity index (χ1) is 17.4. The molecule has 2 fully saturated rings. The van der Waals surface area contributed by atoms with Crippen LogP contribution in [0, 0.1) is 12.8 Å². The molecule has 0 unspecified atom stereocenters. The van der Waals surface area contributed by atoms with Crippen LogP contribution in [0.4, 0.5) is 0 Å². The lowest BCUT2D eigenvalue weighted by Gasteiger charge is -2.16. The molecule has 0 radical (unpaired) electrons. The van der Waals surface area contributed by atoms with Gasteiger partial charge in [-0.05, 0) is 49.8 Å². The smallest absolute Gasteiger partial charge is 0.255 e. The average Bonchev–Trinajstić information content (AvgIpc) is 3.55. The Bertz CT molecular complexity index is 1300. The van der Waals surface area contributed by atoms with Crippen LogP contribution in [0.1, 0.15) is 54.7 Å². The third-order valence-corrected chi connectivity index (χ3v) is 7.14. The molecule has 1 aliphatic heterocycles. The van der Waals surface area contributed by atoms with Gasteiger partial charge in [0, 0.05) is 30.8 Å². The van der Waals surface area contributed by atoms with Crippen molar-refractivity contribution in [2.75, 3.05) is 19.7 Å². The van der Waals surface area contributed by atoms with Gasteiger partial charge < -0.3 is 25.0 Å². The maximum absolute atomic E-state index is 13.4. The van der Waals surface area contributed by atoms with Crippen LogP contribution in [-0.4, -0.2) is 68.6 Å². The zero-order valence-corrected chi connectivity index (χ0v) is 21.0. The highest BCUT2D eigenvalue weighted by Gasteiger charge is 2.35. The number of aliphatic hydroxyl groups excluding tert-OH is 1. The molecule has 2 aromatic heterocycles. The topological polar surface area (TPSA) is 120 Å². The van der Waals surface area contributed by atoms with E-state index in [1.807, 2.05) is 13.0 Å². The number of fused-ring (bicyclic) bond motifs is 1. The van der Waals surface area contributed by atoms with Crippen molar-refractivity contribution in [3.05, 3.63) is 41.3 Å². The van der Waals surface area contributed by atoms with Crippen molar-refractivity contribution in [2.24, 2.45) is 5.92 Å². The lowest BCUT2D eigenvalue weighted by molar-refractivity contribution is -0.130. The Kier molecular flexibility index (Phi) is 6.66. The van der Waals surface area contributed by atoms with Gasteiger partial charge in [0.1, 0.15) is 23.3 Å². The number of aryl methyl sites for hydroxylation is 2. The second-order valence-corrected chi connectivity index (χ2v) is 9.81. The number of amides is 2. The van der Waals surface area contributed by atoms with Crippen LogP contribution < -0.4 is 10.1 Å². The zero-order chi connectivity index (χ0) is 25.4. The molecule has 36 heavy (non-hydrogen) atoms. The summed E-state index contributed by atoms with van der Waals surface area (Å²) in [6.07, 6.45) is 4.30. The van der Waals surface area contributed by atoms with E-state index in [1.54, 1.807) is 11.8 Å². The largest absolute Gasteiger partial charge is 0.493 e. The van der Waals surface area contributed by atoms with Crippen molar-refractivity contribution >= 4 is 22.8 Å². The van der Waals surface area contributed by atoms with Crippen LogP contribution in [0.15, 0.2) is 24.5 Å². The second kappa shape index (κ2) is 9.89. The minimum Gasteiger partial charge on any atom is -0.493 e. The molecule has 0 bridgehead atoms. The van der Waals surface area contributed by atoms with Crippen LogP contribution in [0.5, 0.6) is 5.75 Å². The minimum absolute atomic E-state index is 0.0412. The number of rotatable bonds is 8. The van der Waals surface area contributed by atoms with Crippen molar-refractivity contribution in [1.82, 2.24) is 25.2 Å². The van der Waals surface area contributed by atoms with Crippen molar-refractivity contribution in [3.8, 4) is 17.0 Å². The molecule has 2 atom stereocenters. The molecule has 5 rings (SSSR count). The fraction of sp³-hybridized carbons (Fsp3) is 0.481. The first-order valence-electron chi connectivity index (χ1n) is 12.8. The van der Waals surface area contributed by atoms with Gasteiger partial charge in [0.15, 0.2) is 0 Å². The molecule has 3 aromatic rings. The van der Waals surface area contributed by atoms with Gasteiger partial charge in [-0.3, -0.25) is 9.59 Å². The fourth-order valence-electron chi connectivity index (χ4n) is 4.80. The lowest BCUT2D eigenvalue weighted by Crippen LogP contribution is -2.43. The van der Waals surface area contributed by atoms with Gasteiger partial charge in [0.25, 0.3) is 5.91 Å². The van der Waals surface area contributed by atoms with Crippen LogP contribution in [0.25, 0.3) is 22.3 Å². The molecule has 1 aromatic carbocycles. The van der Waals surface area contributed by atoms with E-state index < -0.39 is 12.1 Å². The van der Waals surface area contributed by atoms with E-state index >= 15 is 0 Å². The van der Waals surface area contributed by atoms with E-state index in [0.717, 1.165) is 23.3 Å². The Morgan fingerprint density at radius 3 is 2.75 bits per heavy atom. The summed E-state index contributed by atoms with van der Waals surface area (Å²) in [5.74, 6) is 1.00. The third-order valence-electron chi connectivity index (χ3n) is 7.14. The van der Waals surface area contributed by atoms with Gasteiger partial charge in [0.05, 0.1) is 29.8 Å². The number of β-amino-alcohol motifs (C(OH)–C–C–N with tert-alkyl or cyclic N) is 1. The lowest BCUT2D eigenvalue weighted by atomic mass is 10.0. The summed E-state index contributed by atoms with van der Waals surface area (Å²) in [5, 5.41) is 13.4. The summed E-state index contributed by atoms with van der Waals surface area (Å²) in [6.45, 7) is 6.90. The van der Waals surface area contributed by atoms with Crippen molar-refractivity contribution in [2.45, 2.75) is 58.6 Å². The highest BCUT2D eigenvalue weighted by atomic mass is 16.5. The summed E-state index contributed by atoms with van der Waals surface area (Å²) in [4.78, 5) is 39.3. The van der Waals surface area contributed by atoms with E-state index in [2.05, 4.69) is 39.3 Å². The minimum atomic E-state index is -0.817.